The van der Waals surface area contributed by atoms with Crippen LogP contribution in [0.2, 0.25) is 0 Å². The average molecular weight is 400 g/mol. The first-order valence-electron chi connectivity index (χ1n) is 7.87. The number of hydrogen-bond acceptors (Lipinski definition) is 9. The minimum Gasteiger partial charge on any atom is -0.397 e. The number of hydrogen-bond donors (Lipinski definition) is 2. The Bertz CT molecular complexity index is 1130. The third kappa shape index (κ3) is 3.29. The molecule has 136 valence electrons. The van der Waals surface area contributed by atoms with E-state index in [1.54, 1.807) is 0 Å². The Morgan fingerprint density at radius 3 is 2.89 bits per heavy atom. The maximum Gasteiger partial charge on any atom is 0.288 e. The monoisotopic (exact) mass is 400 g/mol. The number of nitrogens with two attached hydrogens (primary N) is 1. The molecule has 1 aliphatic carbocycles. The summed E-state index contributed by atoms with van der Waals surface area (Å²) < 4.78 is 0. The van der Waals surface area contributed by atoms with E-state index in [4.69, 9.17) is 5.73 Å². The fraction of sp³-hybridized carbons (Fsp3) is 0.125. The van der Waals surface area contributed by atoms with Gasteiger partial charge in [-0.2, -0.15) is 0 Å². The van der Waals surface area contributed by atoms with E-state index in [-0.39, 0.29) is 16.3 Å². The molecule has 3 heterocycles. The lowest BCUT2D eigenvalue weighted by atomic mass is 10.1. The van der Waals surface area contributed by atoms with Gasteiger partial charge in [0.25, 0.3) is 11.6 Å². The highest BCUT2D eigenvalue weighted by molar-refractivity contribution is 7.21. The summed E-state index contributed by atoms with van der Waals surface area (Å²) in [5.74, 6) is -0.450. The SMILES string of the molecule is Nc1c(C(=O)Nc2nnc(C3=CCCC=C3)s2)sc2ncc([N+](=O)[O-])cc12. The predicted octanol–water partition coefficient (Wildman–Crippen LogP) is 3.62. The molecule has 0 aromatic carbocycles. The van der Waals surface area contributed by atoms with Crippen molar-refractivity contribution in [2.75, 3.05) is 11.1 Å². The summed E-state index contributed by atoms with van der Waals surface area (Å²) in [6.07, 6.45) is 9.22. The molecule has 3 aromatic heterocycles. The van der Waals surface area contributed by atoms with E-state index in [9.17, 15) is 14.9 Å². The molecule has 11 heteroatoms. The number of nitrogens with one attached hydrogen (secondary N) is 1. The molecule has 0 bridgehead atoms. The van der Waals surface area contributed by atoms with Gasteiger partial charge in [0.1, 0.15) is 20.9 Å². The van der Waals surface area contributed by atoms with Crippen LogP contribution in [0.4, 0.5) is 16.5 Å². The van der Waals surface area contributed by atoms with E-state index >= 15 is 0 Å². The number of aromatic nitrogens is 3. The summed E-state index contributed by atoms with van der Waals surface area (Å²) in [6.45, 7) is 0. The summed E-state index contributed by atoms with van der Waals surface area (Å²) in [5.41, 5.74) is 6.98. The average Bonchev–Trinajstić information content (AvgIpc) is 3.27. The second-order valence-corrected chi connectivity index (χ2v) is 7.63. The highest BCUT2D eigenvalue weighted by Crippen LogP contribution is 2.35. The van der Waals surface area contributed by atoms with Gasteiger partial charge in [-0.05, 0) is 12.8 Å². The van der Waals surface area contributed by atoms with Crippen molar-refractivity contribution < 1.29 is 9.72 Å². The van der Waals surface area contributed by atoms with Crippen LogP contribution in [0.3, 0.4) is 0 Å². The zero-order valence-corrected chi connectivity index (χ0v) is 15.3. The number of carbonyl (C=O) groups is 1. The number of nitrogen functional groups attached to an aromatic ring is 1. The number of thiophene rings is 1. The number of rotatable bonds is 4. The number of nitro groups is 1. The number of anilines is 2. The topological polar surface area (TPSA) is 137 Å². The molecule has 9 nitrogen and oxygen atoms in total. The molecule has 0 saturated carbocycles. The van der Waals surface area contributed by atoms with Crippen LogP contribution in [-0.4, -0.2) is 26.0 Å². The van der Waals surface area contributed by atoms with Gasteiger partial charge in [-0.1, -0.05) is 29.6 Å². The maximum atomic E-state index is 12.6. The van der Waals surface area contributed by atoms with E-state index in [0.717, 1.165) is 41.0 Å². The molecule has 3 N–H and O–H groups in total. The van der Waals surface area contributed by atoms with Crippen LogP contribution in [-0.2, 0) is 0 Å². The first-order valence-corrected chi connectivity index (χ1v) is 9.50. The Labute approximate surface area is 160 Å². The number of nitrogens with zero attached hydrogens (tertiary/aromatic N) is 4. The Kier molecular flexibility index (Phi) is 4.38. The number of carbonyl (C=O) groups excluding carboxylic acids is 1. The summed E-state index contributed by atoms with van der Waals surface area (Å²) >= 11 is 2.34. The minimum atomic E-state index is -0.555. The molecule has 0 atom stereocenters. The summed E-state index contributed by atoms with van der Waals surface area (Å²) in [6, 6.07) is 1.32. The predicted molar refractivity (Wildman–Crippen MR) is 105 cm³/mol. The molecular formula is C16H12N6O3S2. The van der Waals surface area contributed by atoms with Gasteiger partial charge in [-0.3, -0.25) is 20.2 Å². The van der Waals surface area contributed by atoms with Gasteiger partial charge >= 0.3 is 0 Å². The van der Waals surface area contributed by atoms with Gasteiger partial charge in [0, 0.05) is 17.0 Å². The van der Waals surface area contributed by atoms with Crippen molar-refractivity contribution in [1.82, 2.24) is 15.2 Å². The molecule has 0 unspecified atom stereocenters. The number of fused-ring (bicyclic) bond motifs is 1. The van der Waals surface area contributed by atoms with Crippen LogP contribution < -0.4 is 11.1 Å². The lowest BCUT2D eigenvalue weighted by Crippen LogP contribution is -2.11. The van der Waals surface area contributed by atoms with E-state index in [0.29, 0.717) is 15.3 Å². The van der Waals surface area contributed by atoms with Crippen molar-refractivity contribution >= 4 is 60.9 Å². The molecule has 3 aromatic rings. The van der Waals surface area contributed by atoms with Crippen LogP contribution >= 0.6 is 22.7 Å². The third-order valence-corrected chi connectivity index (χ3v) is 5.89. The Morgan fingerprint density at radius 1 is 1.30 bits per heavy atom. The molecule has 0 aliphatic heterocycles. The fourth-order valence-corrected chi connectivity index (χ4v) is 4.27. The first-order chi connectivity index (χ1) is 13.0. The van der Waals surface area contributed by atoms with Crippen LogP contribution in [0, 0.1) is 10.1 Å². The fourth-order valence-electron chi connectivity index (χ4n) is 2.57. The Morgan fingerprint density at radius 2 is 2.15 bits per heavy atom. The lowest BCUT2D eigenvalue weighted by molar-refractivity contribution is -0.385. The zero-order valence-electron chi connectivity index (χ0n) is 13.7. The summed E-state index contributed by atoms with van der Waals surface area (Å²) in [7, 11) is 0. The van der Waals surface area contributed by atoms with Gasteiger partial charge < -0.3 is 5.73 Å². The van der Waals surface area contributed by atoms with Crippen LogP contribution in [0.1, 0.15) is 27.5 Å². The second kappa shape index (κ2) is 6.85. The normalized spacial score (nSPS) is 13.6. The molecule has 27 heavy (non-hydrogen) atoms. The lowest BCUT2D eigenvalue weighted by Gasteiger charge is -2.01. The number of pyridine rings is 1. The van der Waals surface area contributed by atoms with Gasteiger partial charge in [0.05, 0.1) is 10.6 Å². The van der Waals surface area contributed by atoms with E-state index in [2.05, 4.69) is 32.7 Å². The molecule has 1 aliphatic rings. The van der Waals surface area contributed by atoms with Gasteiger partial charge in [-0.15, -0.1) is 21.5 Å². The van der Waals surface area contributed by atoms with Gasteiger partial charge in [0.15, 0.2) is 0 Å². The van der Waals surface area contributed by atoms with Crippen LogP contribution in [0.5, 0.6) is 0 Å². The standard InChI is InChI=1S/C16H12N6O3S2/c17-11-10-6-9(22(24)25)7-18-15(10)26-12(11)13(23)19-16-21-20-14(27-16)8-4-2-1-3-5-8/h2,4-7H,1,3,17H2,(H,19,21,23). The molecule has 1 amide bonds. The molecule has 4 rings (SSSR count). The van der Waals surface area contributed by atoms with E-state index in [1.165, 1.54) is 17.4 Å². The third-order valence-electron chi connectivity index (χ3n) is 3.87. The van der Waals surface area contributed by atoms with Crippen molar-refractivity contribution in [3.05, 3.63) is 50.5 Å². The second-order valence-electron chi connectivity index (χ2n) is 5.65. The molecule has 0 spiro atoms. The quantitative estimate of drug-likeness (QED) is 0.504. The Hall–Kier alpha value is -3.18. The Balaban J connectivity index is 1.59. The smallest absolute Gasteiger partial charge is 0.288 e. The van der Waals surface area contributed by atoms with E-state index < -0.39 is 10.8 Å². The van der Waals surface area contributed by atoms with Crippen LogP contribution in [0.15, 0.2) is 30.5 Å². The van der Waals surface area contributed by atoms with Crippen molar-refractivity contribution in [2.45, 2.75) is 12.8 Å². The van der Waals surface area contributed by atoms with Crippen molar-refractivity contribution in [1.29, 1.82) is 0 Å². The highest BCUT2D eigenvalue weighted by atomic mass is 32.1. The largest absolute Gasteiger partial charge is 0.397 e. The molecule has 0 fully saturated rings. The summed E-state index contributed by atoms with van der Waals surface area (Å²) in [4.78, 5) is 27.6. The van der Waals surface area contributed by atoms with Gasteiger partial charge in [0.2, 0.25) is 5.13 Å². The van der Waals surface area contributed by atoms with Crippen molar-refractivity contribution in [3.63, 3.8) is 0 Å². The minimum absolute atomic E-state index is 0.159. The maximum absolute atomic E-state index is 12.6. The number of amides is 1. The van der Waals surface area contributed by atoms with E-state index in [1.807, 2.05) is 6.08 Å². The molecule has 0 saturated heterocycles. The molecule has 0 radical (unpaired) electrons. The molecular weight excluding hydrogens is 388 g/mol. The highest BCUT2D eigenvalue weighted by Gasteiger charge is 2.21. The van der Waals surface area contributed by atoms with Crippen molar-refractivity contribution in [3.8, 4) is 0 Å². The van der Waals surface area contributed by atoms with Gasteiger partial charge in [-0.25, -0.2) is 4.98 Å². The number of allylic oxidation sites excluding steroid dienone is 4. The summed E-state index contributed by atoms with van der Waals surface area (Å²) in [5, 5.41) is 23.1. The van der Waals surface area contributed by atoms with Crippen LogP contribution in [0.25, 0.3) is 15.8 Å². The zero-order chi connectivity index (χ0) is 19.0. The first kappa shape index (κ1) is 17.2. The van der Waals surface area contributed by atoms with Crippen molar-refractivity contribution in [2.24, 2.45) is 0 Å².